The summed E-state index contributed by atoms with van der Waals surface area (Å²) in [7, 11) is 1.98. The fourth-order valence-electron chi connectivity index (χ4n) is 2.22. The lowest BCUT2D eigenvalue weighted by molar-refractivity contribution is 0.691. The highest BCUT2D eigenvalue weighted by atomic mass is 35.5. The van der Waals surface area contributed by atoms with E-state index in [2.05, 4.69) is 48.6 Å². The summed E-state index contributed by atoms with van der Waals surface area (Å²) in [6.45, 7) is 4.15. The van der Waals surface area contributed by atoms with Crippen LogP contribution in [0.15, 0.2) is 42.5 Å². The van der Waals surface area contributed by atoms with Crippen LogP contribution >= 0.6 is 11.6 Å². The lowest BCUT2D eigenvalue weighted by Crippen LogP contribution is -2.17. The fraction of sp³-hybridized carbons (Fsp3) is 0.250. The van der Waals surface area contributed by atoms with E-state index in [1.54, 1.807) is 0 Å². The van der Waals surface area contributed by atoms with Gasteiger partial charge in [0.25, 0.3) is 0 Å². The molecule has 0 saturated carbocycles. The number of nitrogens with one attached hydrogen (secondary N) is 1. The molecule has 0 aliphatic rings. The van der Waals surface area contributed by atoms with Crippen LogP contribution in [0.3, 0.4) is 0 Å². The molecule has 1 N–H and O–H groups in total. The van der Waals surface area contributed by atoms with Crippen molar-refractivity contribution in [2.75, 3.05) is 7.05 Å². The first kappa shape index (κ1) is 13.1. The van der Waals surface area contributed by atoms with Crippen LogP contribution in [-0.2, 0) is 0 Å². The van der Waals surface area contributed by atoms with Crippen molar-refractivity contribution in [3.8, 4) is 0 Å². The molecule has 2 aromatic carbocycles. The zero-order valence-corrected chi connectivity index (χ0v) is 11.8. The number of halogens is 1. The molecule has 0 aliphatic carbocycles. The maximum absolute atomic E-state index is 6.08. The second-order valence-electron chi connectivity index (χ2n) is 4.64. The monoisotopic (exact) mass is 259 g/mol. The van der Waals surface area contributed by atoms with E-state index in [9.17, 15) is 0 Å². The Morgan fingerprint density at radius 1 is 1.00 bits per heavy atom. The minimum atomic E-state index is 0.209. The molecule has 0 saturated heterocycles. The van der Waals surface area contributed by atoms with Gasteiger partial charge in [-0.25, -0.2) is 0 Å². The Morgan fingerprint density at radius 3 is 2.33 bits per heavy atom. The highest BCUT2D eigenvalue weighted by molar-refractivity contribution is 6.31. The van der Waals surface area contributed by atoms with E-state index in [0.717, 1.165) is 10.6 Å². The van der Waals surface area contributed by atoms with E-state index in [1.807, 2.05) is 20.0 Å². The summed E-state index contributed by atoms with van der Waals surface area (Å²) in [6, 6.07) is 15.0. The standard InChI is InChI=1S/C16H18ClN/c1-11-5-4-6-13(9-11)16(18-3)14-7-8-15(17)12(2)10-14/h4-10,16,18H,1-3H3. The highest BCUT2D eigenvalue weighted by Gasteiger charge is 2.12. The van der Waals surface area contributed by atoms with Crippen molar-refractivity contribution in [3.63, 3.8) is 0 Å². The van der Waals surface area contributed by atoms with Gasteiger partial charge in [0.2, 0.25) is 0 Å². The summed E-state index contributed by atoms with van der Waals surface area (Å²) in [4.78, 5) is 0. The Balaban J connectivity index is 2.42. The summed E-state index contributed by atoms with van der Waals surface area (Å²) < 4.78 is 0. The van der Waals surface area contributed by atoms with Crippen LogP contribution in [0, 0.1) is 13.8 Å². The van der Waals surface area contributed by atoms with Crippen LogP contribution in [0.4, 0.5) is 0 Å². The largest absolute Gasteiger partial charge is 0.309 e. The molecule has 2 rings (SSSR count). The molecule has 0 fully saturated rings. The Hall–Kier alpha value is -1.31. The molecule has 94 valence electrons. The number of rotatable bonds is 3. The molecule has 0 bridgehead atoms. The van der Waals surface area contributed by atoms with Crippen LogP contribution in [0.1, 0.15) is 28.3 Å². The maximum atomic E-state index is 6.08. The predicted molar refractivity (Wildman–Crippen MR) is 78.3 cm³/mol. The maximum Gasteiger partial charge on any atom is 0.0574 e. The molecule has 2 aromatic rings. The molecular weight excluding hydrogens is 242 g/mol. The minimum absolute atomic E-state index is 0.209. The van der Waals surface area contributed by atoms with Gasteiger partial charge in [-0.3, -0.25) is 0 Å². The second kappa shape index (κ2) is 5.55. The van der Waals surface area contributed by atoms with Crippen LogP contribution in [0.5, 0.6) is 0 Å². The lowest BCUT2D eigenvalue weighted by Gasteiger charge is -2.18. The third-order valence-corrected chi connectivity index (χ3v) is 3.60. The van der Waals surface area contributed by atoms with Crippen molar-refractivity contribution in [3.05, 3.63) is 69.7 Å². The van der Waals surface area contributed by atoms with E-state index in [4.69, 9.17) is 11.6 Å². The lowest BCUT2D eigenvalue weighted by atomic mass is 9.96. The average molecular weight is 260 g/mol. The van der Waals surface area contributed by atoms with Crippen molar-refractivity contribution in [1.29, 1.82) is 0 Å². The first-order chi connectivity index (χ1) is 8.61. The minimum Gasteiger partial charge on any atom is -0.309 e. The smallest absolute Gasteiger partial charge is 0.0574 e. The van der Waals surface area contributed by atoms with E-state index in [-0.39, 0.29) is 6.04 Å². The van der Waals surface area contributed by atoms with Crippen molar-refractivity contribution in [2.45, 2.75) is 19.9 Å². The van der Waals surface area contributed by atoms with E-state index >= 15 is 0 Å². The van der Waals surface area contributed by atoms with Crippen LogP contribution in [0.2, 0.25) is 5.02 Å². The molecule has 0 heterocycles. The second-order valence-corrected chi connectivity index (χ2v) is 5.05. The first-order valence-electron chi connectivity index (χ1n) is 6.11. The Bertz CT molecular complexity index is 549. The molecule has 0 amide bonds. The molecular formula is C16H18ClN. The summed E-state index contributed by atoms with van der Waals surface area (Å²) >= 11 is 6.08. The average Bonchev–Trinajstić information content (AvgIpc) is 2.35. The van der Waals surface area contributed by atoms with Crippen molar-refractivity contribution < 1.29 is 0 Å². The zero-order valence-electron chi connectivity index (χ0n) is 11.0. The van der Waals surface area contributed by atoms with Crippen molar-refractivity contribution >= 4 is 11.6 Å². The van der Waals surface area contributed by atoms with Gasteiger partial charge in [0.1, 0.15) is 0 Å². The number of aryl methyl sites for hydroxylation is 2. The quantitative estimate of drug-likeness (QED) is 0.868. The molecule has 0 spiro atoms. The first-order valence-corrected chi connectivity index (χ1v) is 6.49. The highest BCUT2D eigenvalue weighted by Crippen LogP contribution is 2.26. The van der Waals surface area contributed by atoms with E-state index in [1.165, 1.54) is 16.7 Å². The van der Waals surface area contributed by atoms with Gasteiger partial charge in [0.15, 0.2) is 0 Å². The van der Waals surface area contributed by atoms with Crippen molar-refractivity contribution in [1.82, 2.24) is 5.32 Å². The van der Waals surface area contributed by atoms with Crippen LogP contribution < -0.4 is 5.32 Å². The Kier molecular flexibility index (Phi) is 4.05. The van der Waals surface area contributed by atoms with Crippen LogP contribution in [0.25, 0.3) is 0 Å². The topological polar surface area (TPSA) is 12.0 Å². The van der Waals surface area contributed by atoms with Gasteiger partial charge in [0.05, 0.1) is 6.04 Å². The van der Waals surface area contributed by atoms with Gasteiger partial charge in [-0.2, -0.15) is 0 Å². The Labute approximate surface area is 114 Å². The summed E-state index contributed by atoms with van der Waals surface area (Å²) in [5, 5.41) is 4.18. The van der Waals surface area contributed by atoms with Gasteiger partial charge in [-0.15, -0.1) is 0 Å². The molecule has 1 unspecified atom stereocenters. The van der Waals surface area contributed by atoms with Gasteiger partial charge in [0, 0.05) is 5.02 Å². The third kappa shape index (κ3) is 2.74. The molecule has 1 nitrogen and oxygen atoms in total. The van der Waals surface area contributed by atoms with Gasteiger partial charge < -0.3 is 5.32 Å². The van der Waals surface area contributed by atoms with Crippen molar-refractivity contribution in [2.24, 2.45) is 0 Å². The molecule has 0 aromatic heterocycles. The van der Waals surface area contributed by atoms with E-state index in [0.29, 0.717) is 0 Å². The van der Waals surface area contributed by atoms with Crippen LogP contribution in [-0.4, -0.2) is 7.05 Å². The number of benzene rings is 2. The molecule has 1 atom stereocenters. The summed E-state index contributed by atoms with van der Waals surface area (Å²) in [5.74, 6) is 0. The fourth-order valence-corrected chi connectivity index (χ4v) is 2.34. The molecule has 0 aliphatic heterocycles. The van der Waals surface area contributed by atoms with Gasteiger partial charge in [-0.1, -0.05) is 53.6 Å². The Morgan fingerprint density at radius 2 is 1.72 bits per heavy atom. The molecule has 0 radical (unpaired) electrons. The third-order valence-electron chi connectivity index (χ3n) is 3.18. The summed E-state index contributed by atoms with van der Waals surface area (Å²) in [6.07, 6.45) is 0. The van der Waals surface area contributed by atoms with E-state index < -0.39 is 0 Å². The molecule has 2 heteroatoms. The van der Waals surface area contributed by atoms with Gasteiger partial charge >= 0.3 is 0 Å². The summed E-state index contributed by atoms with van der Waals surface area (Å²) in [5.41, 5.74) is 4.91. The number of hydrogen-bond acceptors (Lipinski definition) is 1. The SMILES string of the molecule is CNC(c1cccc(C)c1)c1ccc(Cl)c(C)c1. The zero-order chi connectivity index (χ0) is 13.1. The predicted octanol–water partition coefficient (Wildman–Crippen LogP) is 4.27. The molecule has 18 heavy (non-hydrogen) atoms. The number of hydrogen-bond donors (Lipinski definition) is 1. The normalized spacial score (nSPS) is 12.4. The van der Waals surface area contributed by atoms with Gasteiger partial charge in [-0.05, 0) is 43.7 Å².